The lowest BCUT2D eigenvalue weighted by Gasteiger charge is -2.34. The number of para-hydroxylation sites is 4. The predicted molar refractivity (Wildman–Crippen MR) is 376 cm³/mol. The van der Waals surface area contributed by atoms with Crippen LogP contribution in [0.2, 0.25) is 0 Å². The third-order valence-corrected chi connectivity index (χ3v) is 18.7. The first-order valence-electron chi connectivity index (χ1n) is 32.3. The van der Waals surface area contributed by atoms with Gasteiger partial charge in [0.25, 0.3) is 0 Å². The Hall–Kier alpha value is -10.2. The van der Waals surface area contributed by atoms with Gasteiger partial charge in [0.1, 0.15) is 11.2 Å². The van der Waals surface area contributed by atoms with Crippen LogP contribution >= 0.6 is 0 Å². The number of rotatable bonds is 12. The van der Waals surface area contributed by atoms with Crippen LogP contribution in [0.3, 0.4) is 0 Å². The van der Waals surface area contributed by atoms with E-state index < -0.39 is 0 Å². The van der Waals surface area contributed by atoms with Crippen LogP contribution in [0, 0.1) is 0 Å². The van der Waals surface area contributed by atoms with Crippen molar-refractivity contribution in [3.8, 4) is 22.3 Å². The Labute approximate surface area is 516 Å². The number of hydrogen-bond acceptors (Lipinski definition) is 4. The van der Waals surface area contributed by atoms with E-state index in [1.807, 2.05) is 24.3 Å². The van der Waals surface area contributed by atoms with Crippen LogP contribution in [0.25, 0.3) is 120 Å². The molecule has 2 heterocycles. The summed E-state index contributed by atoms with van der Waals surface area (Å²) in [5, 5.41) is 15.1. The van der Waals surface area contributed by atoms with Crippen LogP contribution in [-0.2, 0) is 0 Å². The van der Waals surface area contributed by atoms with Crippen molar-refractivity contribution in [1.29, 1.82) is 0 Å². The molecule has 0 atom stereocenters. The average Bonchev–Trinajstić information content (AvgIpc) is 0.882. The summed E-state index contributed by atoms with van der Waals surface area (Å²) in [6.45, 7) is 18.4. The van der Waals surface area contributed by atoms with Gasteiger partial charge in [0.05, 0.1) is 36.9 Å². The molecule has 0 bridgehead atoms. The van der Waals surface area contributed by atoms with Crippen LogP contribution in [0.5, 0.6) is 0 Å². The van der Waals surface area contributed by atoms with Crippen LogP contribution in [0.15, 0.2) is 251 Å². The highest BCUT2D eigenvalue weighted by Gasteiger charge is 2.32. The van der Waals surface area contributed by atoms with Gasteiger partial charge in [-0.1, -0.05) is 250 Å². The minimum absolute atomic E-state index is 0.130. The van der Waals surface area contributed by atoms with E-state index in [0.29, 0.717) is 23.3 Å². The largest absolute Gasteiger partial charge is 0.454 e. The summed E-state index contributed by atoms with van der Waals surface area (Å²) >= 11 is 0. The van der Waals surface area contributed by atoms with Crippen LogP contribution < -0.4 is 9.80 Å². The van der Waals surface area contributed by atoms with Gasteiger partial charge in [0, 0.05) is 53.9 Å². The monoisotopic (exact) mass is 1140 g/mol. The molecule has 0 saturated heterocycles. The molecule has 0 spiro atoms. The zero-order valence-electron chi connectivity index (χ0n) is 53.0. The number of benzene rings is 14. The van der Waals surface area contributed by atoms with Gasteiger partial charge >= 0.3 is 0 Å². The van der Waals surface area contributed by atoms with E-state index in [0.717, 1.165) is 143 Å². The van der Waals surface area contributed by atoms with Crippen molar-refractivity contribution in [3.63, 3.8) is 0 Å². The van der Waals surface area contributed by atoms with Crippen molar-refractivity contribution >= 4 is 132 Å². The van der Waals surface area contributed by atoms with Crippen LogP contribution in [-0.4, -0.2) is 0 Å². The highest BCUT2D eigenvalue weighted by atomic mass is 16.3. The molecule has 0 saturated carbocycles. The fourth-order valence-electron chi connectivity index (χ4n) is 14.3. The molecule has 2 aromatic heterocycles. The van der Waals surface area contributed by atoms with Gasteiger partial charge in [-0.25, -0.2) is 0 Å². The smallest absolute Gasteiger partial charge is 0.159 e. The molecule has 0 aliphatic rings. The standard InChI is InChI=1S/C84H68N2O2/c1-49(2)57-35-33-55-37-39-59(51(5)6)81(71(55)45-57)85(73-29-19-27-65-61-25-15-17-31-77(61)87-83(65)73)75-47-69(53-21-11-9-12-22-53)63-42-44-68-76(48-70(54-23-13-10-14-24-54)64-41-43-67(75)79(63)80(64)68)86(74-30-20-28-66-62-26-16-18-32-78(62)88-84(66)74)82-60(52(7)8)40-38-56-34-36-58(50(3)4)46-72(56)82/h9-52H,1-8H3/i31D,32D. The summed E-state index contributed by atoms with van der Waals surface area (Å²) in [4.78, 5) is 5.06. The molecule has 0 aliphatic carbocycles. The summed E-state index contributed by atoms with van der Waals surface area (Å²) < 4.78 is 32.7. The normalized spacial score (nSPS) is 12.6. The predicted octanol–water partition coefficient (Wildman–Crippen LogP) is 25.5. The second-order valence-electron chi connectivity index (χ2n) is 25.3. The highest BCUT2D eigenvalue weighted by molar-refractivity contribution is 6.33. The molecule has 0 amide bonds. The molecule has 0 N–H and O–H groups in total. The fraction of sp³-hybridized carbons (Fsp3) is 0.143. The molecule has 16 rings (SSSR count). The Bertz CT molecular complexity index is 5190. The van der Waals surface area contributed by atoms with Crippen LogP contribution in [0.4, 0.5) is 34.1 Å². The maximum Gasteiger partial charge on any atom is 0.159 e. The minimum Gasteiger partial charge on any atom is -0.454 e. The molecule has 4 nitrogen and oxygen atoms in total. The topological polar surface area (TPSA) is 32.8 Å². The van der Waals surface area contributed by atoms with E-state index in [2.05, 4.69) is 271 Å². The van der Waals surface area contributed by atoms with E-state index in [9.17, 15) is 2.74 Å². The quantitative estimate of drug-likeness (QED) is 0.114. The van der Waals surface area contributed by atoms with Gasteiger partial charge < -0.3 is 18.6 Å². The maximum atomic E-state index is 9.20. The van der Waals surface area contributed by atoms with Crippen molar-refractivity contribution in [2.75, 3.05) is 9.80 Å². The summed E-state index contributed by atoms with van der Waals surface area (Å²) in [6, 6.07) is 85.0. The minimum atomic E-state index is 0.130. The van der Waals surface area contributed by atoms with Gasteiger partial charge in [0.2, 0.25) is 0 Å². The lowest BCUT2D eigenvalue weighted by molar-refractivity contribution is 0.668. The molecule has 14 aromatic carbocycles. The number of hydrogen-bond donors (Lipinski definition) is 0. The first-order valence-corrected chi connectivity index (χ1v) is 31.3. The molecule has 426 valence electrons. The maximum absolute atomic E-state index is 9.20. The Morgan fingerprint density at radius 1 is 0.307 bits per heavy atom. The Morgan fingerprint density at radius 3 is 1.10 bits per heavy atom. The SMILES string of the molecule is [2H]c1cccc2c1oc1c(N(c3c(C(C)C)ccc4ccc(C(C)C)cc34)c3cc(-c4ccccc4)c4ccc5c(N(c6c(C(C)C)ccc7ccc(C(C)C)cc67)c6cccc7c6oc6c([2H])cccc67)cc(-c6ccccc6)c6ccc3c4c65)cccc12. The molecular weight excluding hydrogens is 1070 g/mol. The number of fused-ring (bicyclic) bond motifs is 8. The van der Waals surface area contributed by atoms with Crippen molar-refractivity contribution in [2.24, 2.45) is 0 Å². The number of anilines is 6. The number of furan rings is 2. The third kappa shape index (κ3) is 8.33. The zero-order chi connectivity index (χ0) is 61.4. The third-order valence-electron chi connectivity index (χ3n) is 18.7. The van der Waals surface area contributed by atoms with E-state index in [4.69, 9.17) is 8.83 Å². The molecule has 16 aromatic rings. The second kappa shape index (κ2) is 20.8. The Morgan fingerprint density at radius 2 is 0.693 bits per heavy atom. The molecule has 0 fully saturated rings. The van der Waals surface area contributed by atoms with E-state index in [1.165, 1.54) is 22.3 Å². The fourth-order valence-corrected chi connectivity index (χ4v) is 14.3. The summed E-state index contributed by atoms with van der Waals surface area (Å²) in [6.07, 6.45) is 0. The Kier molecular flexibility index (Phi) is 12.1. The summed E-state index contributed by atoms with van der Waals surface area (Å²) in [5.74, 6) is 0.836. The van der Waals surface area contributed by atoms with Gasteiger partial charge in [-0.3, -0.25) is 0 Å². The van der Waals surface area contributed by atoms with E-state index in [1.54, 1.807) is 0 Å². The Balaban J connectivity index is 1.12. The molecule has 88 heavy (non-hydrogen) atoms. The molecule has 0 aliphatic heterocycles. The van der Waals surface area contributed by atoms with Crippen molar-refractivity contribution in [1.82, 2.24) is 0 Å². The highest BCUT2D eigenvalue weighted by Crippen LogP contribution is 2.57. The van der Waals surface area contributed by atoms with Gasteiger partial charge in [0.15, 0.2) is 11.2 Å². The second-order valence-corrected chi connectivity index (χ2v) is 25.3. The van der Waals surface area contributed by atoms with Gasteiger partial charge in [-0.2, -0.15) is 0 Å². The summed E-state index contributed by atoms with van der Waals surface area (Å²) in [5.41, 5.74) is 18.0. The van der Waals surface area contributed by atoms with Crippen molar-refractivity contribution in [3.05, 3.63) is 265 Å². The van der Waals surface area contributed by atoms with E-state index in [-0.39, 0.29) is 23.7 Å². The number of nitrogens with zero attached hydrogens (tertiary/aromatic N) is 2. The first-order chi connectivity index (χ1) is 43.8. The first kappa shape index (κ1) is 51.1. The van der Waals surface area contributed by atoms with Gasteiger partial charge in [-0.05, 0) is 138 Å². The lowest BCUT2D eigenvalue weighted by Crippen LogP contribution is -2.15. The zero-order valence-corrected chi connectivity index (χ0v) is 51.0. The molecule has 0 radical (unpaired) electrons. The molecular formula is C84H68N2O2. The molecule has 4 heteroatoms. The lowest BCUT2D eigenvalue weighted by atomic mass is 9.84. The van der Waals surface area contributed by atoms with Crippen molar-refractivity contribution < 1.29 is 11.6 Å². The van der Waals surface area contributed by atoms with E-state index >= 15 is 0 Å². The van der Waals surface area contributed by atoms with Gasteiger partial charge in [-0.15, -0.1) is 0 Å². The van der Waals surface area contributed by atoms with Crippen molar-refractivity contribution in [2.45, 2.75) is 79.1 Å². The average molecular weight is 1140 g/mol. The summed E-state index contributed by atoms with van der Waals surface area (Å²) in [7, 11) is 0. The molecule has 0 unspecified atom stereocenters. The van der Waals surface area contributed by atoms with Crippen LogP contribution in [0.1, 0.15) is 104 Å².